The molecule has 0 unspecified atom stereocenters. The summed E-state index contributed by atoms with van der Waals surface area (Å²) >= 11 is 0. The van der Waals surface area contributed by atoms with Crippen LogP contribution in [-0.2, 0) is 0 Å². The van der Waals surface area contributed by atoms with Gasteiger partial charge in [-0.2, -0.15) is 4.98 Å². The van der Waals surface area contributed by atoms with Gasteiger partial charge in [-0.25, -0.2) is 4.98 Å². The number of nitrogens with zero attached hydrogens (tertiary/aromatic N) is 2. The molecule has 2 aromatic rings. The smallest absolute Gasteiger partial charge is 0.229 e. The summed E-state index contributed by atoms with van der Waals surface area (Å²) in [5.41, 5.74) is 3.74. The van der Waals surface area contributed by atoms with E-state index in [-0.39, 0.29) is 0 Å². The second kappa shape index (κ2) is 8.13. The minimum Gasteiger partial charge on any atom is -0.370 e. The first-order chi connectivity index (χ1) is 11.4. The van der Waals surface area contributed by atoms with Crippen molar-refractivity contribution < 1.29 is 0 Å². The Balaban J connectivity index is 2.32. The monoisotopic (exact) mass is 326 g/mol. The van der Waals surface area contributed by atoms with Crippen LogP contribution in [0.1, 0.15) is 64.5 Å². The molecular weight excluding hydrogens is 296 g/mol. The Morgan fingerprint density at radius 3 is 2.08 bits per heavy atom. The topological polar surface area (TPSA) is 49.8 Å². The highest BCUT2D eigenvalue weighted by molar-refractivity contribution is 5.65. The van der Waals surface area contributed by atoms with Crippen molar-refractivity contribution in [1.82, 2.24) is 9.97 Å². The van der Waals surface area contributed by atoms with E-state index in [2.05, 4.69) is 80.3 Å². The minimum absolute atomic E-state index is 0.438. The van der Waals surface area contributed by atoms with Crippen molar-refractivity contribution in [2.75, 3.05) is 17.2 Å². The first-order valence-electron chi connectivity index (χ1n) is 8.85. The fourth-order valence-corrected chi connectivity index (χ4v) is 2.63. The third kappa shape index (κ3) is 4.70. The molecule has 2 N–H and O–H groups in total. The average molecular weight is 326 g/mol. The standard InChI is InChI=1S/C20H30N4/c1-13(2)12-22-18-10-11-21-20(23-18)24-19-16(14(3)4)8-7-9-17(19)15(5)6/h7-11,13-15H,12H2,1-6H3,(H2,21,22,23,24). The predicted molar refractivity (Wildman–Crippen MR) is 103 cm³/mol. The van der Waals surface area contributed by atoms with Crippen LogP contribution in [0.25, 0.3) is 0 Å². The van der Waals surface area contributed by atoms with Gasteiger partial charge >= 0.3 is 0 Å². The maximum absolute atomic E-state index is 4.61. The van der Waals surface area contributed by atoms with E-state index in [1.165, 1.54) is 11.1 Å². The molecule has 4 nitrogen and oxygen atoms in total. The van der Waals surface area contributed by atoms with Crippen LogP contribution in [-0.4, -0.2) is 16.5 Å². The molecule has 4 heteroatoms. The number of anilines is 3. The number of para-hydroxylation sites is 1. The molecule has 0 radical (unpaired) electrons. The molecule has 0 aliphatic heterocycles. The first-order valence-corrected chi connectivity index (χ1v) is 8.85. The van der Waals surface area contributed by atoms with Crippen LogP contribution in [0.4, 0.5) is 17.5 Å². The number of aromatic nitrogens is 2. The Morgan fingerprint density at radius 1 is 0.917 bits per heavy atom. The number of rotatable bonds is 7. The fraction of sp³-hybridized carbons (Fsp3) is 0.500. The van der Waals surface area contributed by atoms with Crippen LogP contribution in [0.2, 0.25) is 0 Å². The maximum atomic E-state index is 4.61. The van der Waals surface area contributed by atoms with Gasteiger partial charge in [0, 0.05) is 18.4 Å². The maximum Gasteiger partial charge on any atom is 0.229 e. The molecule has 0 amide bonds. The third-order valence-electron chi connectivity index (χ3n) is 3.96. The molecule has 0 saturated carbocycles. The highest BCUT2D eigenvalue weighted by atomic mass is 15.1. The van der Waals surface area contributed by atoms with Gasteiger partial charge in [-0.15, -0.1) is 0 Å². The normalized spacial score (nSPS) is 11.4. The van der Waals surface area contributed by atoms with E-state index in [4.69, 9.17) is 0 Å². The van der Waals surface area contributed by atoms with Gasteiger partial charge in [-0.05, 0) is 34.9 Å². The molecule has 0 saturated heterocycles. The zero-order chi connectivity index (χ0) is 17.7. The SMILES string of the molecule is CC(C)CNc1ccnc(Nc2c(C(C)C)cccc2C(C)C)n1. The zero-order valence-electron chi connectivity index (χ0n) is 15.7. The second-order valence-corrected chi connectivity index (χ2v) is 7.29. The number of hydrogen-bond acceptors (Lipinski definition) is 4. The molecule has 1 aromatic heterocycles. The Kier molecular flexibility index (Phi) is 6.18. The van der Waals surface area contributed by atoms with Crippen LogP contribution in [0.5, 0.6) is 0 Å². The molecule has 24 heavy (non-hydrogen) atoms. The Bertz CT molecular complexity index is 636. The molecule has 0 aliphatic rings. The van der Waals surface area contributed by atoms with Gasteiger partial charge in [-0.1, -0.05) is 59.7 Å². The van der Waals surface area contributed by atoms with E-state index >= 15 is 0 Å². The van der Waals surface area contributed by atoms with E-state index in [1.54, 1.807) is 6.20 Å². The summed E-state index contributed by atoms with van der Waals surface area (Å²) in [5.74, 6) is 2.94. The molecule has 0 atom stereocenters. The van der Waals surface area contributed by atoms with Gasteiger partial charge in [0.2, 0.25) is 5.95 Å². The van der Waals surface area contributed by atoms with Crippen molar-refractivity contribution in [3.05, 3.63) is 41.6 Å². The number of benzene rings is 1. The van der Waals surface area contributed by atoms with Crippen LogP contribution in [0, 0.1) is 5.92 Å². The lowest BCUT2D eigenvalue weighted by atomic mass is 9.93. The van der Waals surface area contributed by atoms with E-state index in [0.717, 1.165) is 18.1 Å². The summed E-state index contributed by atoms with van der Waals surface area (Å²) < 4.78 is 0. The summed E-state index contributed by atoms with van der Waals surface area (Å²) in [4.78, 5) is 9.01. The molecule has 0 bridgehead atoms. The lowest BCUT2D eigenvalue weighted by Gasteiger charge is -2.20. The van der Waals surface area contributed by atoms with Crippen LogP contribution < -0.4 is 10.6 Å². The summed E-state index contributed by atoms with van der Waals surface area (Å²) in [6, 6.07) is 8.40. The van der Waals surface area contributed by atoms with Gasteiger partial charge in [-0.3, -0.25) is 0 Å². The first kappa shape index (κ1) is 18.2. The minimum atomic E-state index is 0.438. The van der Waals surface area contributed by atoms with E-state index in [1.807, 2.05) is 6.07 Å². The lowest BCUT2D eigenvalue weighted by molar-refractivity contribution is 0.687. The van der Waals surface area contributed by atoms with Crippen molar-refractivity contribution in [2.45, 2.75) is 53.4 Å². The number of nitrogens with one attached hydrogen (secondary N) is 2. The lowest BCUT2D eigenvalue weighted by Crippen LogP contribution is -2.11. The van der Waals surface area contributed by atoms with Gasteiger partial charge in [0.05, 0.1) is 0 Å². The predicted octanol–water partition coefficient (Wildman–Crippen LogP) is 5.53. The van der Waals surface area contributed by atoms with Gasteiger partial charge < -0.3 is 10.6 Å². The molecule has 130 valence electrons. The Hall–Kier alpha value is -2.10. The van der Waals surface area contributed by atoms with Crippen LogP contribution in [0.3, 0.4) is 0 Å². The summed E-state index contributed by atoms with van der Waals surface area (Å²) in [7, 11) is 0. The van der Waals surface area contributed by atoms with E-state index in [9.17, 15) is 0 Å². The van der Waals surface area contributed by atoms with E-state index < -0.39 is 0 Å². The molecule has 2 rings (SSSR count). The fourth-order valence-electron chi connectivity index (χ4n) is 2.63. The highest BCUT2D eigenvalue weighted by Gasteiger charge is 2.14. The van der Waals surface area contributed by atoms with Crippen molar-refractivity contribution in [1.29, 1.82) is 0 Å². The van der Waals surface area contributed by atoms with Crippen molar-refractivity contribution in [3.8, 4) is 0 Å². The quantitative estimate of drug-likeness (QED) is 0.702. The van der Waals surface area contributed by atoms with E-state index in [0.29, 0.717) is 23.7 Å². The van der Waals surface area contributed by atoms with Crippen molar-refractivity contribution >= 4 is 17.5 Å². The summed E-state index contributed by atoms with van der Waals surface area (Å²) in [5, 5.41) is 6.82. The van der Waals surface area contributed by atoms with Gasteiger partial charge in [0.25, 0.3) is 0 Å². The highest BCUT2D eigenvalue weighted by Crippen LogP contribution is 2.33. The Labute approximate surface area is 146 Å². The summed E-state index contributed by atoms with van der Waals surface area (Å²) in [6.45, 7) is 14.1. The third-order valence-corrected chi connectivity index (χ3v) is 3.96. The average Bonchev–Trinajstić information content (AvgIpc) is 2.53. The number of hydrogen-bond donors (Lipinski definition) is 2. The van der Waals surface area contributed by atoms with Crippen LogP contribution >= 0.6 is 0 Å². The molecule has 0 spiro atoms. The molecule has 1 heterocycles. The van der Waals surface area contributed by atoms with Crippen LogP contribution in [0.15, 0.2) is 30.5 Å². The van der Waals surface area contributed by atoms with Crippen molar-refractivity contribution in [3.63, 3.8) is 0 Å². The largest absolute Gasteiger partial charge is 0.370 e. The molecular formula is C20H30N4. The molecule has 1 aromatic carbocycles. The van der Waals surface area contributed by atoms with Crippen molar-refractivity contribution in [2.24, 2.45) is 5.92 Å². The Morgan fingerprint density at radius 2 is 1.54 bits per heavy atom. The molecule has 0 fully saturated rings. The van der Waals surface area contributed by atoms with Gasteiger partial charge in [0.15, 0.2) is 0 Å². The molecule has 0 aliphatic carbocycles. The van der Waals surface area contributed by atoms with Gasteiger partial charge in [0.1, 0.15) is 5.82 Å². The summed E-state index contributed by atoms with van der Waals surface area (Å²) in [6.07, 6.45) is 1.80. The second-order valence-electron chi connectivity index (χ2n) is 7.29. The zero-order valence-corrected chi connectivity index (χ0v) is 15.7.